The first-order valence-electron chi connectivity index (χ1n) is 8.46. The quantitative estimate of drug-likeness (QED) is 0.706. The van der Waals surface area contributed by atoms with Crippen LogP contribution in [0.25, 0.3) is 0 Å². The second-order valence-electron chi connectivity index (χ2n) is 5.89. The van der Waals surface area contributed by atoms with E-state index in [0.29, 0.717) is 23.0 Å². The van der Waals surface area contributed by atoms with Gasteiger partial charge in [-0.05, 0) is 55.9 Å². The largest absolute Gasteiger partial charge is 0.494 e. The van der Waals surface area contributed by atoms with Crippen LogP contribution in [0.4, 0.5) is 5.69 Å². The first kappa shape index (κ1) is 17.9. The Morgan fingerprint density at radius 1 is 1.15 bits per heavy atom. The van der Waals surface area contributed by atoms with Gasteiger partial charge in [0.25, 0.3) is 5.91 Å². The molecule has 1 amide bonds. The standard InChI is InChI=1S/C20H21N3O2S/c1-3-25-16-11-9-15(10-12-16)22-19(24)17-13(2)21-20(26)23-18(17)14-7-5-4-6-8-14/h4-12,18H,3H2,1-2H3,(H,22,24)(H2,21,23,26). The molecule has 26 heavy (non-hydrogen) atoms. The van der Waals surface area contributed by atoms with Crippen molar-refractivity contribution in [2.75, 3.05) is 11.9 Å². The molecule has 0 fully saturated rings. The smallest absolute Gasteiger partial charge is 0.255 e. The van der Waals surface area contributed by atoms with Crippen molar-refractivity contribution in [1.82, 2.24) is 10.6 Å². The van der Waals surface area contributed by atoms with Gasteiger partial charge in [0, 0.05) is 11.4 Å². The molecule has 0 radical (unpaired) electrons. The number of carbonyl (C=O) groups is 1. The molecule has 5 nitrogen and oxygen atoms in total. The van der Waals surface area contributed by atoms with Crippen molar-refractivity contribution in [1.29, 1.82) is 0 Å². The molecule has 0 aromatic heterocycles. The predicted octanol–water partition coefficient (Wildman–Crippen LogP) is 3.52. The highest BCUT2D eigenvalue weighted by molar-refractivity contribution is 7.80. The van der Waals surface area contributed by atoms with Gasteiger partial charge in [0.1, 0.15) is 5.75 Å². The Balaban J connectivity index is 1.85. The lowest BCUT2D eigenvalue weighted by Gasteiger charge is -2.30. The molecule has 3 N–H and O–H groups in total. The number of hydrogen-bond donors (Lipinski definition) is 3. The normalized spacial score (nSPS) is 16.5. The molecule has 0 saturated carbocycles. The molecule has 1 heterocycles. The monoisotopic (exact) mass is 367 g/mol. The highest BCUT2D eigenvalue weighted by Gasteiger charge is 2.29. The van der Waals surface area contributed by atoms with Crippen molar-refractivity contribution < 1.29 is 9.53 Å². The SMILES string of the molecule is CCOc1ccc(NC(=O)C2=C(C)NC(=S)NC2c2ccccc2)cc1. The average molecular weight is 367 g/mol. The molecule has 6 heteroatoms. The molecule has 0 aliphatic carbocycles. The summed E-state index contributed by atoms with van der Waals surface area (Å²) in [6.45, 7) is 4.39. The van der Waals surface area contributed by atoms with Gasteiger partial charge in [0.15, 0.2) is 5.11 Å². The van der Waals surface area contributed by atoms with Gasteiger partial charge < -0.3 is 20.7 Å². The van der Waals surface area contributed by atoms with E-state index in [-0.39, 0.29) is 11.9 Å². The number of hydrogen-bond acceptors (Lipinski definition) is 3. The molecule has 0 saturated heterocycles. The summed E-state index contributed by atoms with van der Waals surface area (Å²) in [5.41, 5.74) is 3.04. The van der Waals surface area contributed by atoms with Crippen LogP contribution in [-0.2, 0) is 4.79 Å². The number of benzene rings is 2. The van der Waals surface area contributed by atoms with E-state index in [1.807, 2.05) is 68.4 Å². The van der Waals surface area contributed by atoms with Crippen LogP contribution in [0.1, 0.15) is 25.5 Å². The molecule has 3 rings (SSSR count). The molecule has 1 atom stereocenters. The second kappa shape index (κ2) is 8.01. The van der Waals surface area contributed by atoms with Gasteiger partial charge in [0.2, 0.25) is 0 Å². The summed E-state index contributed by atoms with van der Waals surface area (Å²) in [4.78, 5) is 13.0. The summed E-state index contributed by atoms with van der Waals surface area (Å²) in [6.07, 6.45) is 0. The van der Waals surface area contributed by atoms with Crippen molar-refractivity contribution >= 4 is 28.9 Å². The molecular weight excluding hydrogens is 346 g/mol. The molecule has 0 bridgehead atoms. The van der Waals surface area contributed by atoms with Gasteiger partial charge in [-0.3, -0.25) is 4.79 Å². The molecule has 2 aromatic rings. The maximum atomic E-state index is 13.0. The Labute approximate surface area is 158 Å². The fourth-order valence-corrected chi connectivity index (χ4v) is 3.16. The van der Waals surface area contributed by atoms with Gasteiger partial charge in [0.05, 0.1) is 18.2 Å². The van der Waals surface area contributed by atoms with E-state index in [1.165, 1.54) is 0 Å². The third kappa shape index (κ3) is 4.03. The van der Waals surface area contributed by atoms with Gasteiger partial charge in [-0.15, -0.1) is 0 Å². The Kier molecular flexibility index (Phi) is 5.53. The van der Waals surface area contributed by atoms with Crippen molar-refractivity contribution in [2.45, 2.75) is 19.9 Å². The summed E-state index contributed by atoms with van der Waals surface area (Å²) < 4.78 is 5.43. The Bertz CT molecular complexity index is 832. The summed E-state index contributed by atoms with van der Waals surface area (Å²) in [6, 6.07) is 16.8. The molecule has 1 aliphatic heterocycles. The van der Waals surface area contributed by atoms with Gasteiger partial charge in [-0.25, -0.2) is 0 Å². The minimum atomic E-state index is -0.298. The zero-order valence-corrected chi connectivity index (χ0v) is 15.5. The molecule has 1 unspecified atom stereocenters. The third-order valence-corrected chi connectivity index (χ3v) is 4.29. The topological polar surface area (TPSA) is 62.4 Å². The number of thiocarbonyl (C=S) groups is 1. The van der Waals surface area contributed by atoms with Crippen molar-refractivity contribution in [3.63, 3.8) is 0 Å². The first-order chi connectivity index (χ1) is 12.6. The van der Waals surface area contributed by atoms with Crippen LogP contribution in [0.5, 0.6) is 5.75 Å². The predicted molar refractivity (Wildman–Crippen MR) is 107 cm³/mol. The highest BCUT2D eigenvalue weighted by Crippen LogP contribution is 2.28. The van der Waals surface area contributed by atoms with E-state index in [1.54, 1.807) is 0 Å². The summed E-state index contributed by atoms with van der Waals surface area (Å²) in [5, 5.41) is 9.69. The minimum Gasteiger partial charge on any atom is -0.494 e. The number of carbonyl (C=O) groups excluding carboxylic acids is 1. The van der Waals surface area contributed by atoms with Crippen LogP contribution in [0.15, 0.2) is 65.9 Å². The number of nitrogens with one attached hydrogen (secondary N) is 3. The molecule has 1 aliphatic rings. The fraction of sp³-hybridized carbons (Fsp3) is 0.200. The van der Waals surface area contributed by atoms with Crippen LogP contribution in [0.2, 0.25) is 0 Å². The third-order valence-electron chi connectivity index (χ3n) is 4.07. The number of allylic oxidation sites excluding steroid dienone is 1. The minimum absolute atomic E-state index is 0.178. The number of rotatable bonds is 5. The Morgan fingerprint density at radius 3 is 2.50 bits per heavy atom. The van der Waals surface area contributed by atoms with E-state index in [4.69, 9.17) is 17.0 Å². The Morgan fingerprint density at radius 2 is 1.85 bits per heavy atom. The van der Waals surface area contributed by atoms with E-state index in [0.717, 1.165) is 17.0 Å². The van der Waals surface area contributed by atoms with Crippen LogP contribution >= 0.6 is 12.2 Å². The number of amides is 1. The zero-order valence-electron chi connectivity index (χ0n) is 14.7. The highest BCUT2D eigenvalue weighted by atomic mass is 32.1. The molecular formula is C20H21N3O2S. The van der Waals surface area contributed by atoms with E-state index < -0.39 is 0 Å². The van der Waals surface area contributed by atoms with E-state index in [2.05, 4.69) is 16.0 Å². The van der Waals surface area contributed by atoms with E-state index >= 15 is 0 Å². The maximum absolute atomic E-state index is 13.0. The Hall–Kier alpha value is -2.86. The number of anilines is 1. The summed E-state index contributed by atoms with van der Waals surface area (Å²) >= 11 is 5.27. The van der Waals surface area contributed by atoms with Crippen molar-refractivity contribution in [2.24, 2.45) is 0 Å². The summed E-state index contributed by atoms with van der Waals surface area (Å²) in [5.74, 6) is 0.595. The maximum Gasteiger partial charge on any atom is 0.255 e. The lowest BCUT2D eigenvalue weighted by atomic mass is 9.95. The average Bonchev–Trinajstić information content (AvgIpc) is 2.63. The lowest BCUT2D eigenvalue weighted by Crippen LogP contribution is -2.45. The van der Waals surface area contributed by atoms with Crippen molar-refractivity contribution in [3.8, 4) is 5.75 Å². The van der Waals surface area contributed by atoms with Crippen LogP contribution < -0.4 is 20.7 Å². The lowest BCUT2D eigenvalue weighted by molar-refractivity contribution is -0.113. The van der Waals surface area contributed by atoms with Gasteiger partial charge >= 0.3 is 0 Å². The summed E-state index contributed by atoms with van der Waals surface area (Å²) in [7, 11) is 0. The van der Waals surface area contributed by atoms with Crippen LogP contribution in [0, 0.1) is 0 Å². The zero-order chi connectivity index (χ0) is 18.5. The van der Waals surface area contributed by atoms with Gasteiger partial charge in [-0.2, -0.15) is 0 Å². The molecule has 134 valence electrons. The van der Waals surface area contributed by atoms with E-state index in [9.17, 15) is 4.79 Å². The molecule has 0 spiro atoms. The first-order valence-corrected chi connectivity index (χ1v) is 8.86. The number of ether oxygens (including phenoxy) is 1. The van der Waals surface area contributed by atoms with Crippen LogP contribution in [-0.4, -0.2) is 17.6 Å². The van der Waals surface area contributed by atoms with Crippen LogP contribution in [0.3, 0.4) is 0 Å². The van der Waals surface area contributed by atoms with Crippen molar-refractivity contribution in [3.05, 3.63) is 71.4 Å². The van der Waals surface area contributed by atoms with Gasteiger partial charge in [-0.1, -0.05) is 30.3 Å². The molecule has 2 aromatic carbocycles. The fourth-order valence-electron chi connectivity index (χ4n) is 2.89. The second-order valence-corrected chi connectivity index (χ2v) is 6.30.